The van der Waals surface area contributed by atoms with E-state index in [1.54, 1.807) is 11.3 Å². The van der Waals surface area contributed by atoms with Crippen molar-refractivity contribution in [2.75, 3.05) is 18.0 Å². The van der Waals surface area contributed by atoms with Crippen LogP contribution in [0.4, 0.5) is 5.95 Å². The van der Waals surface area contributed by atoms with Gasteiger partial charge in [-0.05, 0) is 45.1 Å². The summed E-state index contributed by atoms with van der Waals surface area (Å²) in [5, 5.41) is 5.14. The number of aryl methyl sites for hydroxylation is 1. The van der Waals surface area contributed by atoms with Gasteiger partial charge in [0.25, 0.3) is 5.91 Å². The molecule has 0 bridgehead atoms. The van der Waals surface area contributed by atoms with Gasteiger partial charge in [-0.3, -0.25) is 4.79 Å². The number of rotatable bonds is 3. The zero-order valence-electron chi connectivity index (χ0n) is 17.9. The highest BCUT2D eigenvalue weighted by atomic mass is 32.1. The molecule has 1 amide bonds. The first kappa shape index (κ1) is 20.3. The lowest BCUT2D eigenvalue weighted by Gasteiger charge is -2.38. The molecule has 2 aliphatic rings. The predicted molar refractivity (Wildman–Crippen MR) is 116 cm³/mol. The largest absolute Gasteiger partial charge is 0.372 e. The molecule has 1 saturated heterocycles. The van der Waals surface area contributed by atoms with E-state index in [1.807, 2.05) is 24.6 Å². The summed E-state index contributed by atoms with van der Waals surface area (Å²) in [6, 6.07) is 1.87. The van der Waals surface area contributed by atoms with E-state index >= 15 is 0 Å². The lowest BCUT2D eigenvalue weighted by Crippen LogP contribution is -2.46. The summed E-state index contributed by atoms with van der Waals surface area (Å²) in [7, 11) is 0. The highest BCUT2D eigenvalue weighted by Gasteiger charge is 2.35. The van der Waals surface area contributed by atoms with E-state index in [9.17, 15) is 4.79 Å². The first-order valence-corrected chi connectivity index (χ1v) is 11.2. The van der Waals surface area contributed by atoms with Gasteiger partial charge in [-0.2, -0.15) is 0 Å². The number of nitrogens with zero attached hydrogens (tertiary/aromatic N) is 3. The lowest BCUT2D eigenvalue weighted by molar-refractivity contribution is -0.00575. The number of hydrogen-bond donors (Lipinski definition) is 1. The molecule has 3 heterocycles. The van der Waals surface area contributed by atoms with Crippen molar-refractivity contribution in [1.29, 1.82) is 0 Å². The van der Waals surface area contributed by atoms with Crippen LogP contribution in [0.15, 0.2) is 17.6 Å². The Hall–Kier alpha value is -1.99. The van der Waals surface area contributed by atoms with Crippen molar-refractivity contribution in [1.82, 2.24) is 15.3 Å². The summed E-state index contributed by atoms with van der Waals surface area (Å²) in [5.41, 5.74) is 2.88. The van der Waals surface area contributed by atoms with Crippen LogP contribution in [0.1, 0.15) is 66.7 Å². The number of carbonyl (C=O) groups excluding carboxylic acids is 1. The first-order chi connectivity index (χ1) is 13.7. The number of carbonyl (C=O) groups is 1. The van der Waals surface area contributed by atoms with Gasteiger partial charge < -0.3 is 15.0 Å². The number of anilines is 1. The Kier molecular flexibility index (Phi) is 5.38. The number of fused-ring (bicyclic) bond motifs is 1. The standard InChI is InChI=1S/C22H30N4O2S/c1-13-10-26(11-14(2)28-13)21-23-9-17-18(7-22(4,5)8-19(17)25-21)24-20(27)16-6-15(3)29-12-16/h6,9,12-14,18H,7-8,10-11H2,1-5H3,(H,24,27)/t13-,14-,18+/m0/s1. The molecule has 156 valence electrons. The first-order valence-electron chi connectivity index (χ1n) is 10.3. The van der Waals surface area contributed by atoms with Crippen molar-refractivity contribution < 1.29 is 9.53 Å². The molecule has 1 N–H and O–H groups in total. The number of thiophene rings is 1. The lowest BCUT2D eigenvalue weighted by atomic mass is 9.74. The van der Waals surface area contributed by atoms with E-state index in [1.165, 1.54) is 0 Å². The molecule has 2 aromatic rings. The van der Waals surface area contributed by atoms with Crippen molar-refractivity contribution in [2.24, 2.45) is 5.41 Å². The summed E-state index contributed by atoms with van der Waals surface area (Å²) in [6.07, 6.45) is 4.01. The average Bonchev–Trinajstić information content (AvgIpc) is 3.06. The zero-order chi connectivity index (χ0) is 20.8. The number of hydrogen-bond acceptors (Lipinski definition) is 6. The van der Waals surface area contributed by atoms with Gasteiger partial charge in [-0.25, -0.2) is 9.97 Å². The minimum absolute atomic E-state index is 0.0251. The normalized spacial score (nSPS) is 26.1. The van der Waals surface area contributed by atoms with Crippen molar-refractivity contribution in [2.45, 2.75) is 65.7 Å². The van der Waals surface area contributed by atoms with E-state index in [0.717, 1.165) is 53.6 Å². The van der Waals surface area contributed by atoms with Crippen LogP contribution in [-0.4, -0.2) is 41.2 Å². The molecule has 1 aliphatic heterocycles. The zero-order valence-corrected chi connectivity index (χ0v) is 18.7. The Morgan fingerprint density at radius 2 is 2.03 bits per heavy atom. The molecule has 1 aliphatic carbocycles. The molecule has 1 fully saturated rings. The van der Waals surface area contributed by atoms with E-state index in [0.29, 0.717) is 0 Å². The monoisotopic (exact) mass is 414 g/mol. The van der Waals surface area contributed by atoms with Gasteiger partial charge in [0.05, 0.1) is 29.5 Å². The van der Waals surface area contributed by atoms with Crippen LogP contribution in [0, 0.1) is 12.3 Å². The third-order valence-electron chi connectivity index (χ3n) is 5.67. The molecule has 2 aromatic heterocycles. The highest BCUT2D eigenvalue weighted by molar-refractivity contribution is 7.10. The Morgan fingerprint density at radius 3 is 2.69 bits per heavy atom. The van der Waals surface area contributed by atoms with Crippen LogP contribution in [0.25, 0.3) is 0 Å². The van der Waals surface area contributed by atoms with Crippen LogP contribution < -0.4 is 10.2 Å². The van der Waals surface area contributed by atoms with Gasteiger partial charge in [-0.1, -0.05) is 13.8 Å². The summed E-state index contributed by atoms with van der Waals surface area (Å²) < 4.78 is 5.84. The summed E-state index contributed by atoms with van der Waals surface area (Å²) >= 11 is 1.60. The Balaban J connectivity index is 1.60. The maximum Gasteiger partial charge on any atom is 0.252 e. The van der Waals surface area contributed by atoms with E-state index in [2.05, 4.69) is 42.9 Å². The molecule has 0 aromatic carbocycles. The van der Waals surface area contributed by atoms with Gasteiger partial charge in [0.2, 0.25) is 5.95 Å². The maximum absolute atomic E-state index is 12.8. The molecule has 0 saturated carbocycles. The summed E-state index contributed by atoms with van der Waals surface area (Å²) in [5.74, 6) is 0.741. The van der Waals surface area contributed by atoms with Gasteiger partial charge in [0.1, 0.15) is 0 Å². The number of morpholine rings is 1. The van der Waals surface area contributed by atoms with Crippen LogP contribution in [0.5, 0.6) is 0 Å². The fourth-order valence-corrected chi connectivity index (χ4v) is 5.15. The molecule has 4 rings (SSSR count). The topological polar surface area (TPSA) is 67.4 Å². The molecular formula is C22H30N4O2S. The minimum Gasteiger partial charge on any atom is -0.372 e. The second-order valence-corrected chi connectivity index (χ2v) is 10.4. The van der Waals surface area contributed by atoms with Crippen molar-refractivity contribution in [3.63, 3.8) is 0 Å². The van der Waals surface area contributed by atoms with Crippen LogP contribution in [-0.2, 0) is 11.2 Å². The van der Waals surface area contributed by atoms with E-state index in [-0.39, 0.29) is 29.6 Å². The molecule has 3 atom stereocenters. The number of aromatic nitrogens is 2. The number of nitrogens with one attached hydrogen (secondary N) is 1. The van der Waals surface area contributed by atoms with Gasteiger partial charge >= 0.3 is 0 Å². The molecule has 0 radical (unpaired) electrons. The molecule has 29 heavy (non-hydrogen) atoms. The van der Waals surface area contributed by atoms with Gasteiger partial charge in [0.15, 0.2) is 0 Å². The highest BCUT2D eigenvalue weighted by Crippen LogP contribution is 2.40. The minimum atomic E-state index is -0.0713. The summed E-state index contributed by atoms with van der Waals surface area (Å²) in [4.78, 5) is 25.7. The smallest absolute Gasteiger partial charge is 0.252 e. The molecular weight excluding hydrogens is 384 g/mol. The molecule has 7 heteroatoms. The molecule has 6 nitrogen and oxygen atoms in total. The fourth-order valence-electron chi connectivity index (χ4n) is 4.46. The second kappa shape index (κ2) is 7.69. The Bertz CT molecular complexity index is 900. The van der Waals surface area contributed by atoms with Crippen LogP contribution >= 0.6 is 11.3 Å². The third-order valence-corrected chi connectivity index (χ3v) is 6.53. The second-order valence-electron chi connectivity index (χ2n) is 9.25. The van der Waals surface area contributed by atoms with Crippen molar-refractivity contribution >= 4 is 23.2 Å². The fraction of sp³-hybridized carbons (Fsp3) is 0.591. The van der Waals surface area contributed by atoms with Crippen molar-refractivity contribution in [3.8, 4) is 0 Å². The molecule has 0 spiro atoms. The Morgan fingerprint density at radius 1 is 1.31 bits per heavy atom. The predicted octanol–water partition coefficient (Wildman–Crippen LogP) is 3.90. The Labute approximate surface area is 176 Å². The summed E-state index contributed by atoms with van der Waals surface area (Å²) in [6.45, 7) is 12.3. The van der Waals surface area contributed by atoms with E-state index < -0.39 is 0 Å². The quantitative estimate of drug-likeness (QED) is 0.825. The SMILES string of the molecule is Cc1cc(C(=O)N[C@@H]2CC(C)(C)Cc3nc(N4C[C@H](C)O[C@@H](C)C4)ncc32)cs1. The van der Waals surface area contributed by atoms with Crippen LogP contribution in [0.2, 0.25) is 0 Å². The number of ether oxygens (including phenoxy) is 1. The average molecular weight is 415 g/mol. The van der Waals surface area contributed by atoms with Gasteiger partial charge in [0, 0.05) is 35.1 Å². The van der Waals surface area contributed by atoms with Gasteiger partial charge in [-0.15, -0.1) is 11.3 Å². The van der Waals surface area contributed by atoms with E-state index in [4.69, 9.17) is 9.72 Å². The van der Waals surface area contributed by atoms with Crippen LogP contribution in [0.3, 0.4) is 0 Å². The van der Waals surface area contributed by atoms with Crippen molar-refractivity contribution in [3.05, 3.63) is 39.3 Å². The number of amides is 1. The maximum atomic E-state index is 12.8. The molecule has 0 unspecified atom stereocenters. The third kappa shape index (κ3) is 4.46.